The average molecular weight is 144 g/mol. The molecular formula is C10H9N. The first-order valence-corrected chi connectivity index (χ1v) is 3.59. The molecule has 1 aromatic carbocycles. The van der Waals surface area contributed by atoms with Gasteiger partial charge >= 0.3 is 0 Å². The van der Waals surface area contributed by atoms with Gasteiger partial charge in [-0.25, -0.2) is 0 Å². The van der Waals surface area contributed by atoms with Crippen molar-refractivity contribution in [3.8, 4) is 0 Å². The van der Waals surface area contributed by atoms with E-state index in [1.807, 2.05) is 31.2 Å². The van der Waals surface area contributed by atoms with Crippen molar-refractivity contribution in [3.05, 3.63) is 42.1 Å². The highest BCUT2D eigenvalue weighted by molar-refractivity contribution is 5.78. The minimum absolute atomic E-state index is 0.466. The predicted molar refractivity (Wildman–Crippen MR) is 46.5 cm³/mol. The Kier molecular flexibility index (Phi) is 1.13. The summed E-state index contributed by atoms with van der Waals surface area (Å²) in [5.74, 6) is 0. The van der Waals surface area contributed by atoms with Crippen LogP contribution in [0.4, 0.5) is 0 Å². The van der Waals surface area contributed by atoms with Crippen LogP contribution in [0.2, 0.25) is 0 Å². The van der Waals surface area contributed by atoms with Crippen LogP contribution in [0.15, 0.2) is 36.5 Å². The molecule has 0 spiro atoms. The summed E-state index contributed by atoms with van der Waals surface area (Å²) in [5.41, 5.74) is 2.16. The first-order valence-electron chi connectivity index (χ1n) is 4.09. The van der Waals surface area contributed by atoms with Gasteiger partial charge in [0.05, 0.1) is 6.89 Å². The van der Waals surface area contributed by atoms with Crippen molar-refractivity contribution < 1.29 is 1.37 Å². The van der Waals surface area contributed by atoms with E-state index in [-0.39, 0.29) is 0 Å². The largest absolute Gasteiger partial charge is 0.256 e. The molecule has 0 aliphatic heterocycles. The van der Waals surface area contributed by atoms with Gasteiger partial charge in [0.25, 0.3) is 0 Å². The highest BCUT2D eigenvalue weighted by Crippen LogP contribution is 2.11. The Morgan fingerprint density at radius 3 is 3.18 bits per heavy atom. The van der Waals surface area contributed by atoms with Crippen molar-refractivity contribution in [1.82, 2.24) is 4.98 Å². The standard InChI is InChI=1S/C10H9N/c1-8-4-5-10-9(7-8)3-2-6-11-10/h2-7H,1H3/i2D. The minimum Gasteiger partial charge on any atom is -0.256 e. The topological polar surface area (TPSA) is 12.9 Å². The second-order valence-electron chi connectivity index (χ2n) is 2.63. The van der Waals surface area contributed by atoms with Crippen LogP contribution in [0.3, 0.4) is 0 Å². The minimum atomic E-state index is 0.466. The number of rotatable bonds is 0. The molecule has 0 aliphatic rings. The molecule has 1 heterocycles. The SMILES string of the molecule is [2H]c1cnc2ccc(C)cc2c1. The molecule has 0 amide bonds. The molecule has 0 bridgehead atoms. The van der Waals surface area contributed by atoms with Gasteiger partial charge in [0.15, 0.2) is 0 Å². The fourth-order valence-electron chi connectivity index (χ4n) is 1.14. The number of fused-ring (bicyclic) bond motifs is 1. The van der Waals surface area contributed by atoms with Crippen LogP contribution in [-0.4, -0.2) is 4.98 Å². The number of hydrogen-bond donors (Lipinski definition) is 0. The van der Waals surface area contributed by atoms with E-state index in [0.29, 0.717) is 6.04 Å². The van der Waals surface area contributed by atoms with E-state index in [0.717, 1.165) is 10.9 Å². The predicted octanol–water partition coefficient (Wildman–Crippen LogP) is 2.54. The maximum absolute atomic E-state index is 7.39. The highest BCUT2D eigenvalue weighted by Gasteiger charge is 1.90. The Morgan fingerprint density at radius 1 is 1.36 bits per heavy atom. The Bertz CT molecular complexity index is 386. The van der Waals surface area contributed by atoms with E-state index in [1.165, 1.54) is 5.56 Å². The van der Waals surface area contributed by atoms with Crippen LogP contribution in [0.25, 0.3) is 10.9 Å². The van der Waals surface area contributed by atoms with Gasteiger partial charge in [-0.3, -0.25) is 4.98 Å². The van der Waals surface area contributed by atoms with E-state index < -0.39 is 0 Å². The molecule has 1 nitrogen and oxygen atoms in total. The van der Waals surface area contributed by atoms with Gasteiger partial charge in [0.2, 0.25) is 0 Å². The van der Waals surface area contributed by atoms with Crippen LogP contribution >= 0.6 is 0 Å². The second-order valence-corrected chi connectivity index (χ2v) is 2.63. The molecule has 54 valence electrons. The smallest absolute Gasteiger partial charge is 0.0702 e. The number of aryl methyl sites for hydroxylation is 1. The van der Waals surface area contributed by atoms with Gasteiger partial charge < -0.3 is 0 Å². The number of aromatic nitrogens is 1. The summed E-state index contributed by atoms with van der Waals surface area (Å²) in [5, 5.41) is 1.04. The van der Waals surface area contributed by atoms with E-state index in [1.54, 1.807) is 6.20 Å². The zero-order valence-electron chi connectivity index (χ0n) is 7.33. The third-order valence-electron chi connectivity index (χ3n) is 1.70. The van der Waals surface area contributed by atoms with Crippen LogP contribution in [0.5, 0.6) is 0 Å². The molecule has 0 aliphatic carbocycles. The van der Waals surface area contributed by atoms with Crippen LogP contribution in [-0.2, 0) is 0 Å². The third-order valence-corrected chi connectivity index (χ3v) is 1.70. The van der Waals surface area contributed by atoms with Gasteiger partial charge in [0, 0.05) is 11.6 Å². The molecule has 0 saturated carbocycles. The summed E-state index contributed by atoms with van der Waals surface area (Å²) in [7, 11) is 0. The number of nitrogens with zero attached hydrogens (tertiary/aromatic N) is 1. The van der Waals surface area contributed by atoms with Crippen molar-refractivity contribution in [2.75, 3.05) is 0 Å². The monoisotopic (exact) mass is 144 g/mol. The van der Waals surface area contributed by atoms with Crippen molar-refractivity contribution in [2.24, 2.45) is 0 Å². The lowest BCUT2D eigenvalue weighted by Crippen LogP contribution is -1.77. The maximum atomic E-state index is 7.39. The molecule has 0 atom stereocenters. The number of hydrogen-bond acceptors (Lipinski definition) is 1. The fraction of sp³-hybridized carbons (Fsp3) is 0.100. The van der Waals surface area contributed by atoms with Crippen LogP contribution in [0, 0.1) is 6.92 Å². The first-order chi connectivity index (χ1) is 5.75. The zero-order chi connectivity index (χ0) is 8.55. The lowest BCUT2D eigenvalue weighted by molar-refractivity contribution is 1.39. The van der Waals surface area contributed by atoms with Gasteiger partial charge in [-0.1, -0.05) is 17.7 Å². The molecule has 1 aromatic heterocycles. The lowest BCUT2D eigenvalue weighted by Gasteiger charge is -1.95. The third kappa shape index (κ3) is 1.09. The average Bonchev–Trinajstić information content (AvgIpc) is 2.03. The van der Waals surface area contributed by atoms with Crippen molar-refractivity contribution in [3.63, 3.8) is 0 Å². The molecule has 0 N–H and O–H groups in total. The number of benzene rings is 1. The van der Waals surface area contributed by atoms with Crippen LogP contribution < -0.4 is 0 Å². The molecule has 11 heavy (non-hydrogen) atoms. The van der Waals surface area contributed by atoms with Crippen molar-refractivity contribution in [2.45, 2.75) is 6.92 Å². The summed E-state index contributed by atoms with van der Waals surface area (Å²) >= 11 is 0. The first kappa shape index (κ1) is 5.30. The van der Waals surface area contributed by atoms with E-state index in [9.17, 15) is 0 Å². The summed E-state index contributed by atoms with van der Waals surface area (Å²) in [6.45, 7) is 2.04. The molecule has 0 saturated heterocycles. The lowest BCUT2D eigenvalue weighted by atomic mass is 10.1. The maximum Gasteiger partial charge on any atom is 0.0702 e. The summed E-state index contributed by atoms with van der Waals surface area (Å²) < 4.78 is 7.39. The molecule has 0 fully saturated rings. The zero-order valence-corrected chi connectivity index (χ0v) is 6.33. The van der Waals surface area contributed by atoms with E-state index in [4.69, 9.17) is 1.37 Å². The Labute approximate surface area is 67.1 Å². The van der Waals surface area contributed by atoms with E-state index >= 15 is 0 Å². The Balaban J connectivity index is 2.80. The van der Waals surface area contributed by atoms with Crippen LogP contribution in [0.1, 0.15) is 6.93 Å². The highest BCUT2D eigenvalue weighted by atomic mass is 14.6. The van der Waals surface area contributed by atoms with Gasteiger partial charge in [-0.05, 0) is 25.1 Å². The molecule has 0 radical (unpaired) electrons. The molecule has 2 rings (SSSR count). The van der Waals surface area contributed by atoms with Gasteiger partial charge in [-0.2, -0.15) is 0 Å². The molecular weight excluding hydrogens is 134 g/mol. The fourth-order valence-corrected chi connectivity index (χ4v) is 1.14. The van der Waals surface area contributed by atoms with Crippen molar-refractivity contribution in [1.29, 1.82) is 0 Å². The summed E-state index contributed by atoms with van der Waals surface area (Å²) in [6.07, 6.45) is 1.57. The Hall–Kier alpha value is -1.37. The molecule has 2 aromatic rings. The quantitative estimate of drug-likeness (QED) is 0.553. The van der Waals surface area contributed by atoms with Crippen molar-refractivity contribution >= 4 is 10.9 Å². The summed E-state index contributed by atoms with van der Waals surface area (Å²) in [4.78, 5) is 4.13. The van der Waals surface area contributed by atoms with Gasteiger partial charge in [-0.15, -0.1) is 0 Å². The Morgan fingerprint density at radius 2 is 2.27 bits per heavy atom. The number of pyridine rings is 1. The normalized spacial score (nSPS) is 11.5. The molecule has 0 unspecified atom stereocenters. The molecule has 1 heteroatoms. The second kappa shape index (κ2) is 2.35. The van der Waals surface area contributed by atoms with E-state index in [2.05, 4.69) is 4.98 Å². The van der Waals surface area contributed by atoms with Gasteiger partial charge in [0.1, 0.15) is 0 Å². The summed E-state index contributed by atoms with van der Waals surface area (Å²) in [6, 6.07) is 8.34.